The number of carboxylic acids is 1. The van der Waals surface area contributed by atoms with Gasteiger partial charge in [0.25, 0.3) is 0 Å². The van der Waals surface area contributed by atoms with Crippen LogP contribution in [-0.2, 0) is 11.0 Å². The van der Waals surface area contributed by atoms with Crippen LogP contribution in [0.4, 0.5) is 18.9 Å². The van der Waals surface area contributed by atoms with Crippen molar-refractivity contribution in [2.45, 2.75) is 31.9 Å². The molecule has 2 rings (SSSR count). The largest absolute Gasteiger partial charge is 0.481 e. The smallest absolute Gasteiger partial charge is 0.416 e. The summed E-state index contributed by atoms with van der Waals surface area (Å²) in [7, 11) is 0. The topological polar surface area (TPSA) is 40.5 Å². The van der Waals surface area contributed by atoms with Crippen molar-refractivity contribution < 1.29 is 23.1 Å². The van der Waals surface area contributed by atoms with E-state index in [1.807, 2.05) is 11.8 Å². The summed E-state index contributed by atoms with van der Waals surface area (Å²) in [4.78, 5) is 12.6. The normalized spacial score (nSPS) is 18.2. The van der Waals surface area contributed by atoms with Gasteiger partial charge in [-0.1, -0.05) is 0 Å². The molecule has 3 nitrogen and oxygen atoms in total. The molecule has 0 saturated heterocycles. The van der Waals surface area contributed by atoms with E-state index in [1.165, 1.54) is 6.07 Å². The molecule has 1 aromatic rings. The number of aliphatic carboxylic acids is 1. The number of benzene rings is 1. The maximum absolute atomic E-state index is 12.8. The fourth-order valence-corrected chi connectivity index (χ4v) is 2.65. The van der Waals surface area contributed by atoms with Crippen molar-refractivity contribution in [3.05, 3.63) is 29.3 Å². The highest BCUT2D eigenvalue weighted by molar-refractivity contribution is 5.67. The quantitative estimate of drug-likeness (QED) is 0.921. The minimum atomic E-state index is -4.37. The van der Waals surface area contributed by atoms with Crippen molar-refractivity contribution in [3.63, 3.8) is 0 Å². The van der Waals surface area contributed by atoms with E-state index in [2.05, 4.69) is 0 Å². The molecule has 1 aliphatic rings. The van der Waals surface area contributed by atoms with Gasteiger partial charge in [-0.2, -0.15) is 13.2 Å². The third-order valence-corrected chi connectivity index (χ3v) is 3.66. The van der Waals surface area contributed by atoms with Crippen LogP contribution < -0.4 is 4.90 Å². The van der Waals surface area contributed by atoms with E-state index in [9.17, 15) is 18.0 Å². The number of fused-ring (bicyclic) bond motifs is 1. The zero-order chi connectivity index (χ0) is 14.9. The highest BCUT2D eigenvalue weighted by Crippen LogP contribution is 2.41. The Morgan fingerprint density at radius 2 is 2.15 bits per heavy atom. The molecule has 1 unspecified atom stereocenters. The molecule has 20 heavy (non-hydrogen) atoms. The molecule has 1 aliphatic heterocycles. The van der Waals surface area contributed by atoms with E-state index < -0.39 is 17.7 Å². The van der Waals surface area contributed by atoms with Crippen LogP contribution in [0.1, 0.15) is 36.8 Å². The van der Waals surface area contributed by atoms with Crippen LogP contribution in [0.5, 0.6) is 0 Å². The number of hydrogen-bond donors (Lipinski definition) is 1. The van der Waals surface area contributed by atoms with Crippen LogP contribution in [0.3, 0.4) is 0 Å². The lowest BCUT2D eigenvalue weighted by Crippen LogP contribution is -2.21. The van der Waals surface area contributed by atoms with Crippen LogP contribution >= 0.6 is 0 Å². The Hall–Kier alpha value is -1.72. The number of alkyl halides is 3. The van der Waals surface area contributed by atoms with E-state index in [-0.39, 0.29) is 12.3 Å². The zero-order valence-electron chi connectivity index (χ0n) is 11.1. The standard InChI is InChI=1S/C14H16F3NO2/c1-2-18-8-9(3-6-13(19)20)11-7-10(14(15,16)17)4-5-12(11)18/h4-5,7,9H,2-3,6,8H2,1H3,(H,19,20). The van der Waals surface area contributed by atoms with Crippen LogP contribution in [0.15, 0.2) is 18.2 Å². The van der Waals surface area contributed by atoms with Gasteiger partial charge in [-0.3, -0.25) is 4.79 Å². The Morgan fingerprint density at radius 1 is 1.45 bits per heavy atom. The molecule has 6 heteroatoms. The molecule has 1 heterocycles. The molecule has 0 radical (unpaired) electrons. The molecule has 0 bridgehead atoms. The van der Waals surface area contributed by atoms with Gasteiger partial charge in [-0.05, 0) is 37.1 Å². The van der Waals surface area contributed by atoms with Crippen molar-refractivity contribution in [2.75, 3.05) is 18.0 Å². The van der Waals surface area contributed by atoms with Gasteiger partial charge >= 0.3 is 12.1 Å². The van der Waals surface area contributed by atoms with E-state index in [0.717, 1.165) is 17.8 Å². The van der Waals surface area contributed by atoms with E-state index in [0.29, 0.717) is 25.1 Å². The maximum Gasteiger partial charge on any atom is 0.416 e. The second-order valence-corrected chi connectivity index (χ2v) is 4.94. The van der Waals surface area contributed by atoms with Gasteiger partial charge in [-0.15, -0.1) is 0 Å². The van der Waals surface area contributed by atoms with E-state index in [1.54, 1.807) is 0 Å². The lowest BCUT2D eigenvalue weighted by molar-refractivity contribution is -0.138. The molecule has 0 amide bonds. The molecule has 0 saturated carbocycles. The fourth-order valence-electron chi connectivity index (χ4n) is 2.65. The third kappa shape index (κ3) is 2.89. The number of carboxylic acid groups (broad SMARTS) is 1. The molecule has 0 fully saturated rings. The number of anilines is 1. The van der Waals surface area contributed by atoms with Crippen molar-refractivity contribution in [2.24, 2.45) is 0 Å². The van der Waals surface area contributed by atoms with Crippen LogP contribution in [0.2, 0.25) is 0 Å². The van der Waals surface area contributed by atoms with Crippen LogP contribution in [0, 0.1) is 0 Å². The first-order chi connectivity index (χ1) is 9.32. The molecule has 1 atom stereocenters. The summed E-state index contributed by atoms with van der Waals surface area (Å²) in [5.74, 6) is -1.07. The van der Waals surface area contributed by atoms with Crippen molar-refractivity contribution in [1.82, 2.24) is 0 Å². The van der Waals surface area contributed by atoms with Crippen molar-refractivity contribution in [1.29, 1.82) is 0 Å². The minimum absolute atomic E-state index is 0.0299. The Balaban J connectivity index is 2.32. The molecular weight excluding hydrogens is 271 g/mol. The van der Waals surface area contributed by atoms with E-state index in [4.69, 9.17) is 5.11 Å². The van der Waals surface area contributed by atoms with Gasteiger partial charge in [0.2, 0.25) is 0 Å². The highest BCUT2D eigenvalue weighted by Gasteiger charge is 2.34. The van der Waals surface area contributed by atoms with Crippen LogP contribution in [0.25, 0.3) is 0 Å². The first kappa shape index (κ1) is 14.7. The molecule has 0 aromatic heterocycles. The van der Waals surface area contributed by atoms with Gasteiger partial charge in [0.1, 0.15) is 0 Å². The third-order valence-electron chi connectivity index (χ3n) is 3.66. The van der Waals surface area contributed by atoms with Crippen molar-refractivity contribution >= 4 is 11.7 Å². The van der Waals surface area contributed by atoms with Crippen molar-refractivity contribution in [3.8, 4) is 0 Å². The van der Waals surface area contributed by atoms with Gasteiger partial charge in [-0.25, -0.2) is 0 Å². The maximum atomic E-state index is 12.8. The summed E-state index contributed by atoms with van der Waals surface area (Å²) in [5.41, 5.74) is 0.730. The molecular formula is C14H16F3NO2. The zero-order valence-corrected chi connectivity index (χ0v) is 11.1. The minimum Gasteiger partial charge on any atom is -0.481 e. The van der Waals surface area contributed by atoms with Crippen LogP contribution in [-0.4, -0.2) is 24.2 Å². The highest BCUT2D eigenvalue weighted by atomic mass is 19.4. The Bertz CT molecular complexity index is 514. The molecule has 1 aromatic carbocycles. The lowest BCUT2D eigenvalue weighted by Gasteiger charge is -2.17. The monoisotopic (exact) mass is 287 g/mol. The predicted octanol–water partition coefficient (Wildman–Crippen LogP) is 3.49. The Kier molecular flexibility index (Phi) is 3.92. The molecule has 0 spiro atoms. The molecule has 0 aliphatic carbocycles. The number of rotatable bonds is 4. The number of likely N-dealkylation sites (N-methyl/N-ethyl adjacent to an activating group) is 1. The second kappa shape index (κ2) is 5.34. The Morgan fingerprint density at radius 3 is 2.70 bits per heavy atom. The summed E-state index contributed by atoms with van der Waals surface area (Å²) in [6.07, 6.45) is -4.04. The predicted molar refractivity (Wildman–Crippen MR) is 68.9 cm³/mol. The van der Waals surface area contributed by atoms with Gasteiger partial charge in [0, 0.05) is 31.1 Å². The SMILES string of the molecule is CCN1CC(CCC(=O)O)c2cc(C(F)(F)F)ccc21. The summed E-state index contributed by atoms with van der Waals surface area (Å²) in [5, 5.41) is 8.74. The molecule has 110 valence electrons. The first-order valence-corrected chi connectivity index (χ1v) is 6.50. The van der Waals surface area contributed by atoms with E-state index >= 15 is 0 Å². The fraction of sp³-hybridized carbons (Fsp3) is 0.500. The molecule has 1 N–H and O–H groups in total. The number of carbonyl (C=O) groups is 1. The average molecular weight is 287 g/mol. The average Bonchev–Trinajstić information content (AvgIpc) is 2.72. The van der Waals surface area contributed by atoms with Gasteiger partial charge in [0.15, 0.2) is 0 Å². The number of hydrogen-bond acceptors (Lipinski definition) is 2. The second-order valence-electron chi connectivity index (χ2n) is 4.94. The summed E-state index contributed by atoms with van der Waals surface area (Å²) >= 11 is 0. The lowest BCUT2D eigenvalue weighted by atomic mass is 9.95. The first-order valence-electron chi connectivity index (χ1n) is 6.50. The summed E-state index contributed by atoms with van der Waals surface area (Å²) in [6, 6.07) is 3.74. The van der Waals surface area contributed by atoms with Gasteiger partial charge < -0.3 is 10.0 Å². The number of halogens is 3. The summed E-state index contributed by atoms with van der Waals surface area (Å²) < 4.78 is 38.3. The summed E-state index contributed by atoms with van der Waals surface area (Å²) in [6.45, 7) is 3.21. The Labute approximate surface area is 115 Å². The van der Waals surface area contributed by atoms with Gasteiger partial charge in [0.05, 0.1) is 5.56 Å². The number of nitrogens with zero attached hydrogens (tertiary/aromatic N) is 1.